The molecule has 3 aliphatic rings. The Morgan fingerprint density at radius 2 is 1.60 bits per heavy atom. The van der Waals surface area contributed by atoms with Crippen molar-refractivity contribution in [3.63, 3.8) is 0 Å². The molecule has 1 heterocycles. The Hall–Kier alpha value is -1.28. The van der Waals surface area contributed by atoms with E-state index in [2.05, 4.69) is 94.4 Å². The van der Waals surface area contributed by atoms with Crippen molar-refractivity contribution in [2.45, 2.75) is 64.7 Å². The summed E-state index contributed by atoms with van der Waals surface area (Å²) < 4.78 is 2.88. The number of anilines is 1. The number of rotatable bonds is 1. The number of hydrogen-bond acceptors (Lipinski definition) is 1. The average molecular weight is 352 g/mol. The van der Waals surface area contributed by atoms with Gasteiger partial charge in [-0.25, -0.2) is 0 Å². The van der Waals surface area contributed by atoms with Gasteiger partial charge < -0.3 is 4.57 Å². The van der Waals surface area contributed by atoms with Crippen molar-refractivity contribution in [3.8, 4) is 0 Å². The summed E-state index contributed by atoms with van der Waals surface area (Å²) in [5, 5.41) is 0. The molecule has 0 amide bonds. The molecule has 1 saturated carbocycles. The molecule has 0 aromatic heterocycles. The van der Waals surface area contributed by atoms with Gasteiger partial charge in [0.1, 0.15) is 8.24 Å². The van der Waals surface area contributed by atoms with Gasteiger partial charge in [-0.2, -0.15) is 0 Å². The van der Waals surface area contributed by atoms with Crippen LogP contribution in [0, 0.1) is 17.8 Å². The molecular formula is C23H33NSi. The standard InChI is InChI=1S/C23H33NSi/c1-15-17-10-8-9-11-18(17)22-21(15)19-14-16(23(2,3)4)12-13-20(19)24(22)25(5,6)7/h8-15,17-18,21-22H,1-7H3. The molecule has 0 radical (unpaired) electrons. The Morgan fingerprint density at radius 3 is 2.20 bits per heavy atom. The predicted molar refractivity (Wildman–Crippen MR) is 112 cm³/mol. The summed E-state index contributed by atoms with van der Waals surface area (Å²) >= 11 is 0. The van der Waals surface area contributed by atoms with Gasteiger partial charge in [0.25, 0.3) is 0 Å². The number of hydrogen-bond donors (Lipinski definition) is 0. The highest BCUT2D eigenvalue weighted by atomic mass is 28.3. The van der Waals surface area contributed by atoms with E-state index in [0.29, 0.717) is 29.7 Å². The van der Waals surface area contributed by atoms with Crippen LogP contribution < -0.4 is 4.57 Å². The Balaban J connectivity index is 1.90. The van der Waals surface area contributed by atoms with Crippen molar-refractivity contribution in [2.75, 3.05) is 4.57 Å². The van der Waals surface area contributed by atoms with E-state index < -0.39 is 8.24 Å². The third kappa shape index (κ3) is 2.48. The van der Waals surface area contributed by atoms with Gasteiger partial charge in [-0.05, 0) is 34.4 Å². The predicted octanol–water partition coefficient (Wildman–Crippen LogP) is 6.10. The smallest absolute Gasteiger partial charge is 0.147 e. The lowest BCUT2D eigenvalue weighted by Gasteiger charge is -2.41. The summed E-state index contributed by atoms with van der Waals surface area (Å²) in [4.78, 5) is 0. The number of benzene rings is 1. The lowest BCUT2D eigenvalue weighted by atomic mass is 9.81. The molecule has 4 rings (SSSR count). The number of fused-ring (bicyclic) bond motifs is 5. The molecule has 0 N–H and O–H groups in total. The molecule has 1 aromatic carbocycles. The first-order valence-electron chi connectivity index (χ1n) is 9.89. The third-order valence-corrected chi connectivity index (χ3v) is 8.68. The minimum atomic E-state index is -1.46. The van der Waals surface area contributed by atoms with Gasteiger partial charge in [0, 0.05) is 23.6 Å². The Bertz CT molecular complexity index is 746. The molecule has 2 aliphatic carbocycles. The second-order valence-corrected chi connectivity index (χ2v) is 15.2. The SMILES string of the molecule is CC1C2C=CC=CC2C2C1c1cc(C(C)(C)C)ccc1N2[Si](C)(C)C. The molecule has 5 atom stereocenters. The lowest BCUT2D eigenvalue weighted by Crippen LogP contribution is -2.52. The quantitative estimate of drug-likeness (QED) is 0.553. The van der Waals surface area contributed by atoms with Crippen molar-refractivity contribution < 1.29 is 0 Å². The van der Waals surface area contributed by atoms with Crippen molar-refractivity contribution >= 4 is 13.9 Å². The summed E-state index contributed by atoms with van der Waals surface area (Å²) in [5.41, 5.74) is 4.86. The average Bonchev–Trinajstić information content (AvgIpc) is 3.00. The van der Waals surface area contributed by atoms with Crippen LogP contribution in [0.1, 0.15) is 44.7 Å². The molecule has 25 heavy (non-hydrogen) atoms. The Labute approximate surface area is 154 Å². The monoisotopic (exact) mass is 351 g/mol. The van der Waals surface area contributed by atoms with Crippen LogP contribution in [0.25, 0.3) is 0 Å². The summed E-state index contributed by atoms with van der Waals surface area (Å²) in [5.74, 6) is 2.76. The van der Waals surface area contributed by atoms with Crippen LogP contribution in [0.3, 0.4) is 0 Å². The third-order valence-electron chi connectivity index (χ3n) is 6.69. The fraction of sp³-hybridized carbons (Fsp3) is 0.565. The zero-order valence-electron chi connectivity index (χ0n) is 16.9. The van der Waals surface area contributed by atoms with Crippen molar-refractivity contribution in [2.24, 2.45) is 17.8 Å². The molecule has 1 aromatic rings. The molecule has 0 saturated heterocycles. The van der Waals surface area contributed by atoms with E-state index in [4.69, 9.17) is 0 Å². The summed E-state index contributed by atoms with van der Waals surface area (Å²) in [7, 11) is -1.46. The van der Waals surface area contributed by atoms with Crippen LogP contribution in [0.5, 0.6) is 0 Å². The number of allylic oxidation sites excluding steroid dienone is 3. The molecular weight excluding hydrogens is 318 g/mol. The summed E-state index contributed by atoms with van der Waals surface area (Å²) in [6.07, 6.45) is 9.52. The zero-order valence-corrected chi connectivity index (χ0v) is 17.9. The Kier molecular flexibility index (Phi) is 3.67. The maximum Gasteiger partial charge on any atom is 0.147 e. The molecule has 1 nitrogen and oxygen atoms in total. The van der Waals surface area contributed by atoms with E-state index in [0.717, 1.165) is 0 Å². The molecule has 2 heteroatoms. The van der Waals surface area contributed by atoms with E-state index in [-0.39, 0.29) is 5.41 Å². The molecule has 0 bridgehead atoms. The van der Waals surface area contributed by atoms with Crippen LogP contribution in [0.15, 0.2) is 42.5 Å². The van der Waals surface area contributed by atoms with E-state index in [1.807, 2.05) is 0 Å². The second-order valence-electron chi connectivity index (χ2n) is 10.4. The minimum absolute atomic E-state index is 0.214. The van der Waals surface area contributed by atoms with E-state index in [1.54, 1.807) is 5.56 Å². The topological polar surface area (TPSA) is 3.24 Å². The minimum Gasteiger partial charge on any atom is -0.394 e. The van der Waals surface area contributed by atoms with Crippen LogP contribution in [0.4, 0.5) is 5.69 Å². The van der Waals surface area contributed by atoms with E-state index >= 15 is 0 Å². The van der Waals surface area contributed by atoms with Gasteiger partial charge in [0.05, 0.1) is 0 Å². The van der Waals surface area contributed by atoms with Crippen molar-refractivity contribution in [3.05, 3.63) is 53.6 Å². The largest absolute Gasteiger partial charge is 0.394 e. The first-order chi connectivity index (χ1) is 11.6. The maximum atomic E-state index is 2.88. The van der Waals surface area contributed by atoms with Gasteiger partial charge in [-0.15, -0.1) is 0 Å². The lowest BCUT2D eigenvalue weighted by molar-refractivity contribution is 0.429. The highest BCUT2D eigenvalue weighted by molar-refractivity contribution is 6.80. The zero-order chi connectivity index (χ0) is 18.1. The highest BCUT2D eigenvalue weighted by Crippen LogP contribution is 2.59. The maximum absolute atomic E-state index is 2.88. The first-order valence-corrected chi connectivity index (χ1v) is 13.3. The second kappa shape index (κ2) is 5.36. The van der Waals surface area contributed by atoms with Crippen LogP contribution >= 0.6 is 0 Å². The van der Waals surface area contributed by atoms with Gasteiger partial charge >= 0.3 is 0 Å². The van der Waals surface area contributed by atoms with Crippen LogP contribution in [0.2, 0.25) is 19.6 Å². The molecule has 0 spiro atoms. The highest BCUT2D eigenvalue weighted by Gasteiger charge is 2.56. The normalized spacial score (nSPS) is 33.4. The van der Waals surface area contributed by atoms with Crippen LogP contribution in [-0.2, 0) is 5.41 Å². The van der Waals surface area contributed by atoms with Crippen molar-refractivity contribution in [1.82, 2.24) is 0 Å². The molecule has 134 valence electrons. The molecule has 1 aliphatic heterocycles. The van der Waals surface area contributed by atoms with Gasteiger partial charge in [-0.1, -0.05) is 83.8 Å². The molecule has 5 unspecified atom stereocenters. The van der Waals surface area contributed by atoms with E-state index in [1.165, 1.54) is 11.3 Å². The molecule has 1 fully saturated rings. The first kappa shape index (κ1) is 17.1. The Morgan fingerprint density at radius 1 is 0.960 bits per heavy atom. The van der Waals surface area contributed by atoms with Gasteiger partial charge in [0.2, 0.25) is 0 Å². The fourth-order valence-corrected chi connectivity index (χ4v) is 7.73. The number of nitrogens with zero attached hydrogens (tertiary/aromatic N) is 1. The van der Waals surface area contributed by atoms with Gasteiger partial charge in [-0.3, -0.25) is 0 Å². The van der Waals surface area contributed by atoms with Gasteiger partial charge in [0.15, 0.2) is 0 Å². The summed E-state index contributed by atoms with van der Waals surface area (Å²) in [6.45, 7) is 17.0. The van der Waals surface area contributed by atoms with Crippen molar-refractivity contribution in [1.29, 1.82) is 0 Å². The van der Waals surface area contributed by atoms with Crippen LogP contribution in [-0.4, -0.2) is 14.3 Å². The summed E-state index contributed by atoms with van der Waals surface area (Å²) in [6, 6.07) is 8.02. The van der Waals surface area contributed by atoms with E-state index in [9.17, 15) is 0 Å². The fourth-order valence-electron chi connectivity index (χ4n) is 5.58.